The van der Waals surface area contributed by atoms with Crippen LogP contribution < -0.4 is 9.80 Å². The van der Waals surface area contributed by atoms with Crippen molar-refractivity contribution in [1.82, 2.24) is 4.90 Å². The van der Waals surface area contributed by atoms with Crippen molar-refractivity contribution in [2.75, 3.05) is 29.5 Å². The maximum atomic E-state index is 16.6. The van der Waals surface area contributed by atoms with Gasteiger partial charge in [-0.1, -0.05) is 54.5 Å². The van der Waals surface area contributed by atoms with Crippen LogP contribution in [-0.4, -0.2) is 68.0 Å². The highest BCUT2D eigenvalue weighted by atomic mass is 28.4. The molecule has 0 saturated carbocycles. The highest BCUT2D eigenvalue weighted by molar-refractivity contribution is 6.72. The van der Waals surface area contributed by atoms with Gasteiger partial charge in [0, 0.05) is 48.8 Å². The van der Waals surface area contributed by atoms with Crippen LogP contribution in [0.25, 0.3) is 0 Å². The van der Waals surface area contributed by atoms with Crippen LogP contribution in [0.1, 0.15) is 82.9 Å². The molecule has 0 unspecified atom stereocenters. The molecular formula is C41H54FN3O5Si. The van der Waals surface area contributed by atoms with Crippen molar-refractivity contribution in [1.29, 1.82) is 0 Å². The van der Waals surface area contributed by atoms with Gasteiger partial charge >= 0.3 is 0 Å². The molecule has 8 nitrogen and oxygen atoms in total. The van der Waals surface area contributed by atoms with Gasteiger partial charge in [-0.2, -0.15) is 0 Å². The molecule has 4 aliphatic heterocycles. The number of benzene rings is 2. The molecular weight excluding hydrogens is 662 g/mol. The van der Waals surface area contributed by atoms with E-state index in [2.05, 4.69) is 32.9 Å². The number of halogens is 1. The van der Waals surface area contributed by atoms with Gasteiger partial charge in [0.25, 0.3) is 5.91 Å². The SMILES string of the molecule is CC(C)=CCC/C(C)=C/CN1C(=O)[C@@]2(O[C@@H](CC(=O)N3Cc4ccccc4C[C@H]3CO)[C@H]([Si](C)(C)F)[C@H]2C)c2cc(N3CCCCC3=O)ccc21. The van der Waals surface area contributed by atoms with Crippen LogP contribution in [0, 0.1) is 5.92 Å². The summed E-state index contributed by atoms with van der Waals surface area (Å²) >= 11 is 0. The lowest BCUT2D eigenvalue weighted by Gasteiger charge is -2.37. The van der Waals surface area contributed by atoms with Crippen molar-refractivity contribution in [3.63, 3.8) is 0 Å². The second kappa shape index (κ2) is 14.8. The molecule has 0 bridgehead atoms. The Kier molecular flexibility index (Phi) is 10.8. The second-order valence-electron chi connectivity index (χ2n) is 15.8. The molecule has 2 saturated heterocycles. The van der Waals surface area contributed by atoms with Gasteiger partial charge in [-0.25, -0.2) is 0 Å². The summed E-state index contributed by atoms with van der Waals surface area (Å²) in [7, 11) is -3.53. The fraction of sp³-hybridized carbons (Fsp3) is 0.537. The maximum Gasteiger partial charge on any atom is 0.264 e. The molecule has 6 rings (SSSR count). The van der Waals surface area contributed by atoms with Crippen LogP contribution in [0.4, 0.5) is 15.5 Å². The van der Waals surface area contributed by atoms with E-state index in [0.717, 1.165) is 36.8 Å². The van der Waals surface area contributed by atoms with E-state index in [1.54, 1.807) is 27.8 Å². The molecule has 274 valence electrons. The molecule has 2 aromatic rings. The molecule has 5 atom stereocenters. The Morgan fingerprint density at radius 3 is 2.51 bits per heavy atom. The van der Waals surface area contributed by atoms with Crippen molar-refractivity contribution in [2.45, 2.75) is 116 Å². The van der Waals surface area contributed by atoms with E-state index in [0.29, 0.717) is 49.4 Å². The first-order valence-electron chi connectivity index (χ1n) is 18.7. The second-order valence-corrected chi connectivity index (χ2v) is 19.6. The highest BCUT2D eigenvalue weighted by Crippen LogP contribution is 2.60. The molecule has 2 fully saturated rings. The molecule has 51 heavy (non-hydrogen) atoms. The average molecular weight is 716 g/mol. The van der Waals surface area contributed by atoms with Gasteiger partial charge in [-0.15, -0.1) is 0 Å². The quantitative estimate of drug-likeness (QED) is 0.158. The zero-order valence-electron chi connectivity index (χ0n) is 31.1. The number of fused-ring (bicyclic) bond motifs is 3. The lowest BCUT2D eigenvalue weighted by Crippen LogP contribution is -2.48. The Morgan fingerprint density at radius 1 is 1.08 bits per heavy atom. The van der Waals surface area contributed by atoms with E-state index in [1.165, 1.54) is 11.1 Å². The summed E-state index contributed by atoms with van der Waals surface area (Å²) in [5.41, 5.74) is 4.47. The molecule has 3 amide bonds. The molecule has 1 spiro atoms. The first-order chi connectivity index (χ1) is 24.3. The molecule has 0 aromatic heterocycles. The van der Waals surface area contributed by atoms with Gasteiger partial charge in [0.1, 0.15) is 0 Å². The summed E-state index contributed by atoms with van der Waals surface area (Å²) in [6.07, 6.45) is 7.90. The lowest BCUT2D eigenvalue weighted by atomic mass is 9.82. The van der Waals surface area contributed by atoms with Crippen LogP contribution in [0.3, 0.4) is 0 Å². The van der Waals surface area contributed by atoms with E-state index >= 15 is 4.11 Å². The van der Waals surface area contributed by atoms with Gasteiger partial charge in [0.2, 0.25) is 20.2 Å². The summed E-state index contributed by atoms with van der Waals surface area (Å²) in [5, 5.41) is 10.3. The first-order valence-corrected chi connectivity index (χ1v) is 21.6. The average Bonchev–Trinajstić information content (AvgIpc) is 3.52. The summed E-state index contributed by atoms with van der Waals surface area (Å²) in [5.74, 6) is -0.985. The third kappa shape index (κ3) is 7.11. The number of hydrogen-bond acceptors (Lipinski definition) is 5. The summed E-state index contributed by atoms with van der Waals surface area (Å²) in [6.45, 7) is 12.5. The van der Waals surface area contributed by atoms with Gasteiger partial charge in [0.15, 0.2) is 5.60 Å². The molecule has 0 aliphatic carbocycles. The Labute approximate surface area is 303 Å². The molecule has 4 heterocycles. The zero-order valence-corrected chi connectivity index (χ0v) is 32.1. The third-order valence-electron chi connectivity index (χ3n) is 11.6. The van der Waals surface area contributed by atoms with Crippen LogP contribution in [-0.2, 0) is 37.7 Å². The van der Waals surface area contributed by atoms with Gasteiger partial charge in [-0.3, -0.25) is 14.4 Å². The third-order valence-corrected chi connectivity index (χ3v) is 14.0. The van der Waals surface area contributed by atoms with Crippen molar-refractivity contribution in [2.24, 2.45) is 5.92 Å². The Hall–Kier alpha value is -3.60. The summed E-state index contributed by atoms with van der Waals surface area (Å²) in [6, 6.07) is 13.3. The maximum absolute atomic E-state index is 16.6. The van der Waals surface area contributed by atoms with Crippen molar-refractivity contribution >= 4 is 37.5 Å². The minimum Gasteiger partial charge on any atom is -0.394 e. The van der Waals surface area contributed by atoms with Crippen molar-refractivity contribution < 1.29 is 28.3 Å². The standard InChI is InChI=1S/C41H54FN3O5Si/c1-27(2)12-11-13-28(3)19-21-44-35-18-17-32(43-20-10-9-16-37(43)47)23-34(35)41(40(44)49)29(4)39(51(5,6)42)36(50-41)24-38(48)45-25-31-15-8-7-14-30(31)22-33(45)26-46/h7-8,12,14-15,17-19,23,29,33,36,39,46H,9-11,13,16,20-22,24-26H2,1-6H3/b28-19+/t29-,33+,36+,39-,41+/m1/s1. The number of aliphatic hydroxyl groups excluding tert-OH is 1. The normalized spacial score (nSPS) is 26.5. The van der Waals surface area contributed by atoms with Crippen LogP contribution >= 0.6 is 0 Å². The highest BCUT2D eigenvalue weighted by Gasteiger charge is 2.67. The van der Waals surface area contributed by atoms with Gasteiger partial charge < -0.3 is 28.7 Å². The number of carbonyl (C=O) groups excluding carboxylic acids is 3. The molecule has 0 radical (unpaired) electrons. The van der Waals surface area contributed by atoms with Gasteiger partial charge in [-0.05, 0) is 95.3 Å². The van der Waals surface area contributed by atoms with Gasteiger partial charge in [0.05, 0.1) is 30.9 Å². The minimum absolute atomic E-state index is 0.0481. The van der Waals surface area contributed by atoms with Crippen LogP contribution in [0.5, 0.6) is 0 Å². The van der Waals surface area contributed by atoms with E-state index < -0.39 is 37.6 Å². The minimum atomic E-state index is -3.53. The molecule has 4 aliphatic rings. The number of amides is 3. The smallest absolute Gasteiger partial charge is 0.264 e. The summed E-state index contributed by atoms with van der Waals surface area (Å²) in [4.78, 5) is 47.4. The number of allylic oxidation sites excluding steroid dienone is 3. The number of rotatable bonds is 10. The largest absolute Gasteiger partial charge is 0.394 e. The Morgan fingerprint density at radius 2 is 1.82 bits per heavy atom. The molecule has 2 aromatic carbocycles. The fourth-order valence-electron chi connectivity index (χ4n) is 8.93. The summed E-state index contributed by atoms with van der Waals surface area (Å²) < 4.78 is 23.6. The van der Waals surface area contributed by atoms with E-state index in [9.17, 15) is 19.5 Å². The van der Waals surface area contributed by atoms with E-state index in [-0.39, 0.29) is 30.7 Å². The number of anilines is 2. The number of carbonyl (C=O) groups is 3. The van der Waals surface area contributed by atoms with Crippen molar-refractivity contribution in [3.05, 3.63) is 82.5 Å². The number of nitrogens with zero attached hydrogens (tertiary/aromatic N) is 3. The van der Waals surface area contributed by atoms with E-state index in [4.69, 9.17) is 4.74 Å². The molecule has 10 heteroatoms. The number of hydrogen-bond donors (Lipinski definition) is 1. The Bertz CT molecular complexity index is 1730. The monoisotopic (exact) mass is 715 g/mol. The Balaban J connectivity index is 1.37. The predicted molar refractivity (Wildman–Crippen MR) is 202 cm³/mol. The first kappa shape index (κ1) is 37.2. The number of ether oxygens (including phenoxy) is 1. The topological polar surface area (TPSA) is 90.4 Å². The number of aliphatic hydroxyl groups is 1. The zero-order chi connectivity index (χ0) is 36.7. The lowest BCUT2D eigenvalue weighted by molar-refractivity contribution is -0.150. The fourth-order valence-corrected chi connectivity index (χ4v) is 11.4. The van der Waals surface area contributed by atoms with E-state index in [1.807, 2.05) is 49.4 Å². The number of piperidine rings is 1. The van der Waals surface area contributed by atoms with Crippen LogP contribution in [0.15, 0.2) is 65.8 Å². The molecule has 1 N–H and O–H groups in total. The van der Waals surface area contributed by atoms with Crippen LogP contribution in [0.2, 0.25) is 18.6 Å². The van der Waals surface area contributed by atoms with Crippen molar-refractivity contribution in [3.8, 4) is 0 Å². The predicted octanol–water partition coefficient (Wildman–Crippen LogP) is 7.35.